The third-order valence-electron chi connectivity index (χ3n) is 3.16. The largest absolute Gasteiger partial charge is 0.394 e. The van der Waals surface area contributed by atoms with Crippen LogP contribution in [-0.4, -0.2) is 39.7 Å². The van der Waals surface area contributed by atoms with Gasteiger partial charge < -0.3 is 10.4 Å². The molecule has 2 N–H and O–H groups in total. The topological polar surface area (TPSA) is 58.0 Å². The molecule has 0 radical (unpaired) electrons. The molecular weight excluding hydrogens is 254 g/mol. The molecule has 1 fully saturated rings. The average Bonchev–Trinajstić information content (AvgIpc) is 3.08. The maximum absolute atomic E-state index is 9.73. The van der Waals surface area contributed by atoms with E-state index in [1.54, 1.807) is 28.6 Å². The van der Waals surface area contributed by atoms with Gasteiger partial charge in [0.1, 0.15) is 5.51 Å². The van der Waals surface area contributed by atoms with Crippen LogP contribution in [0.4, 0.5) is 0 Å². The fourth-order valence-electron chi connectivity index (χ4n) is 1.97. The Kier molecular flexibility index (Phi) is 4.78. The third kappa shape index (κ3) is 3.40. The number of aliphatic hydroxyl groups is 1. The number of aliphatic hydroxyl groups excluding tert-OH is 1. The van der Waals surface area contributed by atoms with E-state index in [2.05, 4.69) is 22.4 Å². The number of thioether (sulfide) groups is 1. The van der Waals surface area contributed by atoms with Gasteiger partial charge in [0.15, 0.2) is 4.34 Å². The first-order valence-corrected chi connectivity index (χ1v) is 7.92. The second kappa shape index (κ2) is 6.13. The fraction of sp³-hybridized carbons (Fsp3) is 0.818. The molecule has 1 heterocycles. The van der Waals surface area contributed by atoms with E-state index in [9.17, 15) is 5.11 Å². The molecule has 0 aromatic carbocycles. The molecule has 0 amide bonds. The van der Waals surface area contributed by atoms with Crippen molar-refractivity contribution in [2.24, 2.45) is 5.92 Å². The molecular formula is C11H19N3OS2. The highest BCUT2D eigenvalue weighted by molar-refractivity contribution is 8.01. The van der Waals surface area contributed by atoms with Crippen molar-refractivity contribution in [3.05, 3.63) is 5.51 Å². The molecule has 17 heavy (non-hydrogen) atoms. The van der Waals surface area contributed by atoms with Gasteiger partial charge in [0.2, 0.25) is 0 Å². The van der Waals surface area contributed by atoms with Crippen molar-refractivity contribution >= 4 is 23.1 Å². The van der Waals surface area contributed by atoms with Gasteiger partial charge in [0.05, 0.1) is 12.1 Å². The Morgan fingerprint density at radius 2 is 2.47 bits per heavy atom. The molecule has 1 aromatic rings. The number of nitrogens with one attached hydrogen (secondary N) is 1. The van der Waals surface area contributed by atoms with Crippen molar-refractivity contribution < 1.29 is 5.11 Å². The predicted molar refractivity (Wildman–Crippen MR) is 71.5 cm³/mol. The van der Waals surface area contributed by atoms with Crippen molar-refractivity contribution in [1.82, 2.24) is 15.5 Å². The molecule has 1 aliphatic carbocycles. The lowest BCUT2D eigenvalue weighted by Crippen LogP contribution is -2.53. The second-order valence-electron chi connectivity index (χ2n) is 4.51. The normalized spacial score (nSPS) is 19.2. The molecule has 1 atom stereocenters. The minimum atomic E-state index is -0.119. The van der Waals surface area contributed by atoms with Gasteiger partial charge in [-0.05, 0) is 31.7 Å². The van der Waals surface area contributed by atoms with Crippen molar-refractivity contribution in [3.63, 3.8) is 0 Å². The molecule has 0 bridgehead atoms. The highest BCUT2D eigenvalue weighted by atomic mass is 32.2. The molecule has 1 unspecified atom stereocenters. The van der Waals surface area contributed by atoms with Crippen LogP contribution in [0.25, 0.3) is 0 Å². The zero-order chi connectivity index (χ0) is 12.1. The van der Waals surface area contributed by atoms with Gasteiger partial charge in [-0.25, -0.2) is 0 Å². The molecule has 0 saturated heterocycles. The third-order valence-corrected chi connectivity index (χ3v) is 5.27. The molecule has 2 rings (SSSR count). The lowest BCUT2D eigenvalue weighted by atomic mass is 9.96. The summed E-state index contributed by atoms with van der Waals surface area (Å²) in [5, 5.41) is 21.1. The van der Waals surface area contributed by atoms with E-state index >= 15 is 0 Å². The van der Waals surface area contributed by atoms with Gasteiger partial charge >= 0.3 is 0 Å². The van der Waals surface area contributed by atoms with E-state index < -0.39 is 0 Å². The van der Waals surface area contributed by atoms with E-state index in [1.165, 1.54) is 12.8 Å². The Labute approximate surface area is 110 Å². The minimum Gasteiger partial charge on any atom is -0.394 e. The molecule has 96 valence electrons. The first-order chi connectivity index (χ1) is 8.30. The van der Waals surface area contributed by atoms with Gasteiger partial charge in [-0.2, -0.15) is 0 Å². The Hall–Kier alpha value is -0.170. The zero-order valence-corrected chi connectivity index (χ0v) is 11.7. The van der Waals surface area contributed by atoms with Gasteiger partial charge in [0, 0.05) is 5.75 Å². The molecule has 1 aromatic heterocycles. The fourth-order valence-corrected chi connectivity index (χ4v) is 3.74. The van der Waals surface area contributed by atoms with E-state index in [1.807, 2.05) is 0 Å². The summed E-state index contributed by atoms with van der Waals surface area (Å²) in [7, 11) is 0. The number of aromatic nitrogens is 2. The molecule has 0 aliphatic heterocycles. The first-order valence-electron chi connectivity index (χ1n) is 6.05. The van der Waals surface area contributed by atoms with Crippen LogP contribution in [0.15, 0.2) is 9.85 Å². The van der Waals surface area contributed by atoms with Crippen molar-refractivity contribution in [3.8, 4) is 0 Å². The highest BCUT2D eigenvalue weighted by Gasteiger charge is 2.44. The summed E-state index contributed by atoms with van der Waals surface area (Å²) in [6.07, 6.45) is 3.56. The number of hydrogen-bond acceptors (Lipinski definition) is 6. The van der Waals surface area contributed by atoms with Gasteiger partial charge in [0.25, 0.3) is 0 Å². The van der Waals surface area contributed by atoms with Crippen molar-refractivity contribution in [1.29, 1.82) is 0 Å². The predicted octanol–water partition coefficient (Wildman–Crippen LogP) is 1.77. The van der Waals surface area contributed by atoms with Crippen LogP contribution in [0.1, 0.15) is 26.2 Å². The summed E-state index contributed by atoms with van der Waals surface area (Å²) in [6, 6.07) is 0. The van der Waals surface area contributed by atoms with E-state index in [4.69, 9.17) is 0 Å². The van der Waals surface area contributed by atoms with Crippen LogP contribution in [0, 0.1) is 5.92 Å². The monoisotopic (exact) mass is 273 g/mol. The zero-order valence-electron chi connectivity index (χ0n) is 10.1. The Bertz CT molecular complexity index is 329. The lowest BCUT2D eigenvalue weighted by Gasteiger charge is -2.33. The van der Waals surface area contributed by atoms with Gasteiger partial charge in [-0.1, -0.05) is 30.0 Å². The van der Waals surface area contributed by atoms with E-state index in [-0.39, 0.29) is 12.1 Å². The van der Waals surface area contributed by atoms with Crippen LogP contribution in [-0.2, 0) is 0 Å². The van der Waals surface area contributed by atoms with Crippen LogP contribution in [0.3, 0.4) is 0 Å². The number of rotatable bonds is 8. The smallest absolute Gasteiger partial charge is 0.174 e. The summed E-state index contributed by atoms with van der Waals surface area (Å²) >= 11 is 3.26. The molecule has 1 saturated carbocycles. The summed E-state index contributed by atoms with van der Waals surface area (Å²) in [4.78, 5) is 0. The summed E-state index contributed by atoms with van der Waals surface area (Å²) < 4.78 is 0.988. The van der Waals surface area contributed by atoms with Gasteiger partial charge in [-0.15, -0.1) is 10.2 Å². The summed E-state index contributed by atoms with van der Waals surface area (Å²) in [5.74, 6) is 1.50. The maximum atomic E-state index is 9.73. The van der Waals surface area contributed by atoms with E-state index in [0.717, 1.165) is 23.1 Å². The molecule has 1 aliphatic rings. The lowest BCUT2D eigenvalue weighted by molar-refractivity contribution is 0.159. The maximum Gasteiger partial charge on any atom is 0.174 e. The SMILES string of the molecule is CCCNC(CO)(CSc1nncs1)C1CC1. The number of nitrogens with zero attached hydrogens (tertiary/aromatic N) is 2. The summed E-state index contributed by atoms with van der Waals surface area (Å²) in [6.45, 7) is 3.33. The van der Waals surface area contributed by atoms with Crippen molar-refractivity contribution in [2.45, 2.75) is 36.1 Å². The summed E-state index contributed by atoms with van der Waals surface area (Å²) in [5.41, 5.74) is 1.63. The standard InChI is InChI=1S/C11H19N3OS2/c1-2-5-12-11(6-15,9-3-4-9)7-16-10-14-13-8-17-10/h8-9,12,15H,2-7H2,1H3. The molecule has 4 nitrogen and oxygen atoms in total. The molecule has 0 spiro atoms. The molecule has 6 heteroatoms. The Morgan fingerprint density at radius 1 is 1.65 bits per heavy atom. The first kappa shape index (κ1) is 13.3. The average molecular weight is 273 g/mol. The Balaban J connectivity index is 1.94. The quantitative estimate of drug-likeness (QED) is 0.707. The van der Waals surface area contributed by atoms with Gasteiger partial charge in [-0.3, -0.25) is 0 Å². The van der Waals surface area contributed by atoms with Crippen LogP contribution < -0.4 is 5.32 Å². The van der Waals surface area contributed by atoms with Crippen LogP contribution in [0.2, 0.25) is 0 Å². The van der Waals surface area contributed by atoms with Crippen molar-refractivity contribution in [2.75, 3.05) is 18.9 Å². The minimum absolute atomic E-state index is 0.119. The Morgan fingerprint density at radius 3 is 3.00 bits per heavy atom. The van der Waals surface area contributed by atoms with E-state index in [0.29, 0.717) is 5.92 Å². The number of hydrogen-bond donors (Lipinski definition) is 2. The second-order valence-corrected chi connectivity index (χ2v) is 6.56. The van der Waals surface area contributed by atoms with Crippen LogP contribution in [0.5, 0.6) is 0 Å². The van der Waals surface area contributed by atoms with Crippen LogP contribution >= 0.6 is 23.1 Å². The highest BCUT2D eigenvalue weighted by Crippen LogP contribution is 2.42.